The van der Waals surface area contributed by atoms with Crippen LogP contribution in [0.4, 0.5) is 0 Å². The molecule has 8 nitrogen and oxygen atoms in total. The van der Waals surface area contributed by atoms with E-state index < -0.39 is 30.2 Å². The average Bonchev–Trinajstić information content (AvgIpc) is 3.75. The third-order valence-corrected chi connectivity index (χ3v) is 17.5. The number of aryl methyl sites for hydroxylation is 1. The molecule has 1 aliphatic rings. The topological polar surface area (TPSA) is 128 Å². The summed E-state index contributed by atoms with van der Waals surface area (Å²) in [5.74, 6) is 4.58. The second-order valence-corrected chi connectivity index (χ2v) is 33.3. The van der Waals surface area contributed by atoms with Crippen LogP contribution in [0.25, 0.3) is 43.5 Å². The second-order valence-electron chi connectivity index (χ2n) is 18.3. The molecule has 0 fully saturated rings. The quantitative estimate of drug-likeness (QED) is 0.0813. The molecule has 3 atom stereocenters. The third kappa shape index (κ3) is 19.5. The molecule has 3 N–H and O–H groups in total. The number of hydrogen-bond donors (Lipinski definition) is 2. The number of fused-ring (bicyclic) bond motifs is 3. The first-order valence-corrected chi connectivity index (χ1v) is 38.0. The summed E-state index contributed by atoms with van der Waals surface area (Å²) in [7, 11) is 15.0. The molecule has 9 rings (SSSR count). The van der Waals surface area contributed by atoms with Crippen LogP contribution in [0, 0.1) is 11.8 Å². The number of halogens is 3. The SMILES string of the molecule is C.C.CCCCC(CC)CCC(C)c1ccc2cccnc2c1O.CCCCC(CC)CCCc1ccc2ccc[c]3c2c1[O][Ga]3[O]c1cccc2cccnc12.Oc1cccc2cccnc12.[Cl][Ga]([Cl])[Cl].[K+].[OH-]. The van der Waals surface area contributed by atoms with Crippen molar-refractivity contribution in [3.63, 3.8) is 0 Å². The Hall–Kier alpha value is -2.47. The molecule has 0 bridgehead atoms. The number of nitrogens with zero attached hydrogens (tertiary/aromatic N) is 3. The van der Waals surface area contributed by atoms with E-state index in [2.05, 4.69) is 104 Å². The van der Waals surface area contributed by atoms with Gasteiger partial charge >= 0.3 is 297 Å². The smallest absolute Gasteiger partial charge is 0.870 e. The summed E-state index contributed by atoms with van der Waals surface area (Å²) in [6.07, 6.45) is 21.7. The van der Waals surface area contributed by atoms with Crippen LogP contribution in [0.15, 0.2) is 134 Å². The Morgan fingerprint density at radius 1 is 0.595 bits per heavy atom. The fourth-order valence-corrected chi connectivity index (χ4v) is 13.6. The van der Waals surface area contributed by atoms with Gasteiger partial charge in [-0.15, -0.1) is 0 Å². The minimum atomic E-state index is -2.71. The maximum atomic E-state index is 10.5. The van der Waals surface area contributed by atoms with Crippen LogP contribution in [0.5, 0.6) is 23.0 Å². The van der Waals surface area contributed by atoms with Gasteiger partial charge in [0.25, 0.3) is 0 Å². The van der Waals surface area contributed by atoms with E-state index in [9.17, 15) is 10.2 Å². The number of aromatic hydroxyl groups is 2. The van der Waals surface area contributed by atoms with Crippen LogP contribution < -0.4 is 62.6 Å². The molecule has 3 aromatic heterocycles. The van der Waals surface area contributed by atoms with Crippen molar-refractivity contribution in [2.75, 3.05) is 0 Å². The number of para-hydroxylation sites is 2. The van der Waals surface area contributed by atoms with Gasteiger partial charge in [0.1, 0.15) is 22.5 Å². The number of rotatable bonds is 18. The van der Waals surface area contributed by atoms with E-state index in [4.69, 9.17) is 36.0 Å². The van der Waals surface area contributed by atoms with Crippen LogP contribution in [-0.2, 0) is 6.42 Å². The van der Waals surface area contributed by atoms with Crippen molar-refractivity contribution in [3.05, 3.63) is 145 Å². The zero-order chi connectivity index (χ0) is 49.8. The normalized spacial score (nSPS) is 12.1. The van der Waals surface area contributed by atoms with Gasteiger partial charge in [0, 0.05) is 23.2 Å². The number of aromatic nitrogens is 3. The third-order valence-electron chi connectivity index (χ3n) is 13.5. The summed E-state index contributed by atoms with van der Waals surface area (Å²) in [6, 6.07) is 38.4. The zero-order valence-corrected chi connectivity index (χ0v) is 53.2. The number of benzene rings is 5. The summed E-state index contributed by atoms with van der Waals surface area (Å²) >= 11 is -4.78. The monoisotopic (exact) mass is 1200 g/mol. The van der Waals surface area contributed by atoms with Gasteiger partial charge in [0.05, 0.1) is 0 Å². The Balaban J connectivity index is 0.000000395. The zero-order valence-electron chi connectivity index (χ0n) is 42.9. The average molecular weight is 1210 g/mol. The minimum Gasteiger partial charge on any atom is -0.870 e. The molecule has 0 amide bonds. The predicted molar refractivity (Wildman–Crippen MR) is 315 cm³/mol. The number of pyridine rings is 3. The van der Waals surface area contributed by atoms with Crippen LogP contribution >= 0.6 is 28.9 Å². The number of phenols is 2. The van der Waals surface area contributed by atoms with Crippen LogP contribution in [0.3, 0.4) is 0 Å². The molecule has 5 aromatic carbocycles. The van der Waals surface area contributed by atoms with Gasteiger partial charge in [0.2, 0.25) is 0 Å². The molecule has 0 saturated carbocycles. The first kappa shape index (κ1) is 67.6. The standard InChI is InChI=1S/C20H29NO.C20H27O.2C9H7NO.2CH4.3ClH.2Ga.K.H2O/c1-4-6-8-16(5-2)11-10-15(3)18-13-12-17-9-7-14-21-19(17)20(18)22;1-3-5-9-16(4-2)10-8-12-18-15-14-17-11-6-7-13-19(17)20(18)21;2*11-8-5-1-3-7-4-2-6-10-9(7)8;;;;;;;;;/h7,9,12-16,22H,4-6,8,10-11H2,1-3H3;6-7,11,14-16,21H,3-5,8-10,12H2,1-2H3;2*1-6,11H;2*1H4;3*1H;;;;1H2/q;;;;;;;;;+2;+3;+1;/p-6. The summed E-state index contributed by atoms with van der Waals surface area (Å²) in [5, 5.41) is 25.4. The summed E-state index contributed by atoms with van der Waals surface area (Å²) in [4.78, 5) is 12.9. The van der Waals surface area contributed by atoms with Crippen molar-refractivity contribution in [3.8, 4) is 23.0 Å². The van der Waals surface area contributed by atoms with Crippen molar-refractivity contribution in [2.24, 2.45) is 11.8 Å². The number of unbranched alkanes of at least 4 members (excludes halogenated alkanes) is 2. The second kappa shape index (κ2) is 35.8. The van der Waals surface area contributed by atoms with Gasteiger partial charge < -0.3 is 15.7 Å². The van der Waals surface area contributed by atoms with E-state index in [-0.39, 0.29) is 77.5 Å². The van der Waals surface area contributed by atoms with Crippen molar-refractivity contribution in [2.45, 2.75) is 139 Å². The molecule has 0 saturated heterocycles. The fraction of sp³-hybridized carbons (Fsp3) is 0.383. The first-order chi connectivity index (χ1) is 34.1. The Bertz CT molecular complexity index is 2870. The Morgan fingerprint density at radius 3 is 1.70 bits per heavy atom. The van der Waals surface area contributed by atoms with E-state index >= 15 is 0 Å². The van der Waals surface area contributed by atoms with E-state index in [0.717, 1.165) is 68.9 Å². The van der Waals surface area contributed by atoms with Gasteiger partial charge in [-0.1, -0.05) is 97.7 Å². The van der Waals surface area contributed by atoms with Gasteiger partial charge in [0.15, 0.2) is 0 Å². The molecular weight excluding hydrogens is 1130 g/mol. The summed E-state index contributed by atoms with van der Waals surface area (Å²) in [6.45, 7) is 11.4. The van der Waals surface area contributed by atoms with Crippen molar-refractivity contribution in [1.82, 2.24) is 15.0 Å². The van der Waals surface area contributed by atoms with Gasteiger partial charge in [-0.05, 0) is 48.4 Å². The van der Waals surface area contributed by atoms with Crippen LogP contribution in [-0.4, -0.2) is 60.8 Å². The van der Waals surface area contributed by atoms with Crippen molar-refractivity contribution in [1.29, 1.82) is 0 Å². The molecular formula is C60H77Cl3Ga2KN3O5. The summed E-state index contributed by atoms with van der Waals surface area (Å²) in [5.41, 5.74) is 4.68. The maximum Gasteiger partial charge on any atom is 1.00 e. The molecule has 1 aliphatic heterocycles. The molecule has 74 heavy (non-hydrogen) atoms. The largest absolute Gasteiger partial charge is 1.00 e. The predicted octanol–water partition coefficient (Wildman–Crippen LogP) is 14.9. The fourth-order valence-electron chi connectivity index (χ4n) is 9.43. The van der Waals surface area contributed by atoms with Crippen molar-refractivity contribution < 1.29 is 74.1 Å². The molecule has 390 valence electrons. The Labute approximate surface area is 508 Å². The van der Waals surface area contributed by atoms with Gasteiger partial charge in [-0.2, -0.15) is 0 Å². The minimum absolute atomic E-state index is 0. The number of hydrogen-bond acceptors (Lipinski definition) is 8. The van der Waals surface area contributed by atoms with Gasteiger partial charge in [-0.25, -0.2) is 0 Å². The maximum absolute atomic E-state index is 10.5. The Kier molecular flexibility index (Phi) is 32.8. The van der Waals surface area contributed by atoms with E-state index in [1.54, 1.807) is 24.5 Å². The van der Waals surface area contributed by atoms with Crippen LogP contribution in [0.1, 0.15) is 144 Å². The molecule has 8 aromatic rings. The molecule has 0 radical (unpaired) electrons. The van der Waals surface area contributed by atoms with E-state index in [1.807, 2.05) is 54.7 Å². The van der Waals surface area contributed by atoms with Crippen molar-refractivity contribution >= 4 is 107 Å². The van der Waals surface area contributed by atoms with Crippen LogP contribution in [0.2, 0.25) is 0 Å². The first-order valence-electron chi connectivity index (χ1n) is 25.3. The summed E-state index contributed by atoms with van der Waals surface area (Å²) < 4.78 is 14.6. The molecule has 14 heteroatoms. The van der Waals surface area contributed by atoms with E-state index in [0.29, 0.717) is 17.2 Å². The number of phenolic OH excluding ortho intramolecular Hbond substituents is 2. The molecule has 4 heterocycles. The van der Waals surface area contributed by atoms with Gasteiger partial charge in [-0.3, -0.25) is 9.97 Å². The van der Waals surface area contributed by atoms with E-state index in [1.165, 1.54) is 91.1 Å². The Morgan fingerprint density at radius 2 is 1.09 bits per heavy atom. The molecule has 3 unspecified atom stereocenters. The molecule has 0 spiro atoms. The molecule has 0 aliphatic carbocycles.